The number of hydrogen-bond donors (Lipinski definition) is 0. The minimum Gasteiger partial charge on any atom is -0.459 e. The minimum absolute atomic E-state index is 0.0601. The Morgan fingerprint density at radius 3 is 2.61 bits per heavy atom. The SMILES string of the molecule is CC(C)(C)OC(=O)CN1C(=O)C(N2C(=O)C3=CC=CCC3C2=O)=CSc2ccccc21. The van der Waals surface area contributed by atoms with Crippen LogP contribution in [0.3, 0.4) is 0 Å². The average molecular weight is 439 g/mol. The van der Waals surface area contributed by atoms with Gasteiger partial charge >= 0.3 is 5.97 Å². The number of allylic oxidation sites excluding steroid dienone is 3. The highest BCUT2D eigenvalue weighted by Gasteiger charge is 2.47. The number of imide groups is 1. The molecule has 0 bridgehead atoms. The van der Waals surface area contributed by atoms with E-state index in [9.17, 15) is 19.2 Å². The fourth-order valence-electron chi connectivity index (χ4n) is 3.70. The molecule has 1 aromatic carbocycles. The number of ether oxygens (including phenoxy) is 1. The van der Waals surface area contributed by atoms with Gasteiger partial charge in [0, 0.05) is 15.9 Å². The highest BCUT2D eigenvalue weighted by Crippen LogP contribution is 2.40. The van der Waals surface area contributed by atoms with Crippen LogP contribution in [0, 0.1) is 5.92 Å². The molecule has 0 radical (unpaired) electrons. The maximum Gasteiger partial charge on any atom is 0.326 e. The van der Waals surface area contributed by atoms with Crippen molar-refractivity contribution in [2.45, 2.75) is 37.7 Å². The molecular formula is C23H22N2O5S. The van der Waals surface area contributed by atoms with E-state index in [0.717, 1.165) is 9.80 Å². The molecule has 0 saturated carbocycles. The Morgan fingerprint density at radius 1 is 1.16 bits per heavy atom. The monoisotopic (exact) mass is 438 g/mol. The predicted molar refractivity (Wildman–Crippen MR) is 116 cm³/mol. The molecule has 3 amide bonds. The molecular weight excluding hydrogens is 416 g/mol. The quantitative estimate of drug-likeness (QED) is 0.532. The largest absolute Gasteiger partial charge is 0.459 e. The number of likely N-dealkylation sites (tertiary alicyclic amines) is 1. The van der Waals surface area contributed by atoms with Gasteiger partial charge in [-0.15, -0.1) is 0 Å². The van der Waals surface area contributed by atoms with Crippen molar-refractivity contribution in [1.82, 2.24) is 4.90 Å². The summed E-state index contributed by atoms with van der Waals surface area (Å²) in [5.41, 5.74) is 0.128. The fraction of sp³-hybridized carbons (Fsp3) is 0.304. The fourth-order valence-corrected chi connectivity index (χ4v) is 4.60. The normalized spacial score (nSPS) is 20.7. The van der Waals surface area contributed by atoms with E-state index in [1.807, 2.05) is 18.2 Å². The van der Waals surface area contributed by atoms with Gasteiger partial charge in [-0.2, -0.15) is 0 Å². The summed E-state index contributed by atoms with van der Waals surface area (Å²) in [6, 6.07) is 7.12. The van der Waals surface area contributed by atoms with Gasteiger partial charge in [-0.25, -0.2) is 4.90 Å². The summed E-state index contributed by atoms with van der Waals surface area (Å²) in [6.45, 7) is 4.90. The Hall–Kier alpha value is -3.13. The van der Waals surface area contributed by atoms with Gasteiger partial charge in [-0.3, -0.25) is 24.1 Å². The van der Waals surface area contributed by atoms with Crippen LogP contribution in [0.25, 0.3) is 0 Å². The van der Waals surface area contributed by atoms with Crippen molar-refractivity contribution in [2.75, 3.05) is 11.4 Å². The third-order valence-corrected chi connectivity index (χ3v) is 5.93. The summed E-state index contributed by atoms with van der Waals surface area (Å²) >= 11 is 1.23. The van der Waals surface area contributed by atoms with Crippen molar-refractivity contribution in [2.24, 2.45) is 5.92 Å². The molecule has 7 nitrogen and oxygen atoms in total. The Bertz CT molecular complexity index is 1080. The third-order valence-electron chi connectivity index (χ3n) is 4.99. The highest BCUT2D eigenvalue weighted by atomic mass is 32.2. The highest BCUT2D eigenvalue weighted by molar-refractivity contribution is 8.02. The number of hydrogen-bond acceptors (Lipinski definition) is 6. The molecule has 3 aliphatic rings. The van der Waals surface area contributed by atoms with Gasteiger partial charge in [0.05, 0.1) is 11.6 Å². The number of rotatable bonds is 3. The van der Waals surface area contributed by atoms with Crippen LogP contribution in [0.1, 0.15) is 27.2 Å². The number of fused-ring (bicyclic) bond motifs is 2. The second-order valence-corrected chi connectivity index (χ2v) is 9.29. The number of anilines is 1. The lowest BCUT2D eigenvalue weighted by Crippen LogP contribution is -2.44. The van der Waals surface area contributed by atoms with Gasteiger partial charge in [0.2, 0.25) is 5.91 Å². The lowest BCUT2D eigenvalue weighted by molar-refractivity contribution is -0.153. The van der Waals surface area contributed by atoms with Crippen LogP contribution >= 0.6 is 11.8 Å². The second kappa shape index (κ2) is 7.85. The van der Waals surface area contributed by atoms with Gasteiger partial charge in [0.25, 0.3) is 11.8 Å². The van der Waals surface area contributed by atoms with Crippen molar-refractivity contribution in [3.63, 3.8) is 0 Å². The molecule has 0 spiro atoms. The smallest absolute Gasteiger partial charge is 0.326 e. The van der Waals surface area contributed by atoms with E-state index in [1.54, 1.807) is 45.1 Å². The zero-order valence-corrected chi connectivity index (χ0v) is 18.3. The van der Waals surface area contributed by atoms with Crippen LogP contribution in [0.5, 0.6) is 0 Å². The van der Waals surface area contributed by atoms with E-state index in [1.165, 1.54) is 22.1 Å². The summed E-state index contributed by atoms with van der Waals surface area (Å²) in [7, 11) is 0. The number of esters is 1. The van der Waals surface area contributed by atoms with Gasteiger partial charge in [0.15, 0.2) is 0 Å². The van der Waals surface area contributed by atoms with Gasteiger partial charge in [0.1, 0.15) is 17.8 Å². The van der Waals surface area contributed by atoms with E-state index < -0.39 is 35.2 Å². The van der Waals surface area contributed by atoms with Crippen molar-refractivity contribution in [3.05, 3.63) is 59.2 Å². The molecule has 160 valence electrons. The van der Waals surface area contributed by atoms with Gasteiger partial charge in [-0.1, -0.05) is 42.1 Å². The molecule has 8 heteroatoms. The van der Waals surface area contributed by atoms with Crippen molar-refractivity contribution in [3.8, 4) is 0 Å². The van der Waals surface area contributed by atoms with Crippen molar-refractivity contribution < 1.29 is 23.9 Å². The molecule has 1 unspecified atom stereocenters. The molecule has 0 aromatic heterocycles. The lowest BCUT2D eigenvalue weighted by atomic mass is 9.94. The topological polar surface area (TPSA) is 84.0 Å². The van der Waals surface area contributed by atoms with Crippen molar-refractivity contribution >= 4 is 41.1 Å². The number of thioether (sulfide) groups is 1. The number of amides is 3. The first-order valence-corrected chi connectivity index (χ1v) is 10.8. The predicted octanol–water partition coefficient (Wildman–Crippen LogP) is 3.18. The van der Waals surface area contributed by atoms with Crippen LogP contribution in [0.15, 0.2) is 64.1 Å². The molecule has 1 saturated heterocycles. The van der Waals surface area contributed by atoms with E-state index in [-0.39, 0.29) is 12.2 Å². The van der Waals surface area contributed by atoms with Gasteiger partial charge < -0.3 is 4.74 Å². The Morgan fingerprint density at radius 2 is 1.90 bits per heavy atom. The standard InChI is InChI=1S/C23H22N2O5S/c1-23(2,3)30-19(26)12-24-16-10-6-7-11-18(16)31-13-17(22(24)29)25-20(27)14-8-4-5-9-15(14)21(25)28/h4-8,10-11,13,15H,9,12H2,1-3H3. The Kier molecular flexibility index (Phi) is 5.35. The van der Waals surface area contributed by atoms with Crippen LogP contribution < -0.4 is 4.90 Å². The number of carbonyl (C=O) groups excluding carboxylic acids is 4. The van der Waals surface area contributed by atoms with Crippen LogP contribution in [0.4, 0.5) is 5.69 Å². The number of benzene rings is 1. The maximum atomic E-state index is 13.5. The number of para-hydroxylation sites is 1. The molecule has 2 aliphatic heterocycles. The van der Waals surface area contributed by atoms with E-state index >= 15 is 0 Å². The molecule has 4 rings (SSSR count). The zero-order valence-electron chi connectivity index (χ0n) is 17.5. The summed E-state index contributed by atoms with van der Waals surface area (Å²) in [5.74, 6) is -2.69. The molecule has 0 N–H and O–H groups in total. The maximum absolute atomic E-state index is 13.5. The second-order valence-electron chi connectivity index (χ2n) is 8.38. The average Bonchev–Trinajstić information content (AvgIpc) is 2.88. The number of carbonyl (C=O) groups is 4. The third kappa shape index (κ3) is 3.95. The first-order valence-electron chi connectivity index (χ1n) is 9.92. The Labute approximate surface area is 184 Å². The van der Waals surface area contributed by atoms with Crippen LogP contribution in [0.2, 0.25) is 0 Å². The minimum atomic E-state index is -0.713. The summed E-state index contributed by atoms with van der Waals surface area (Å²) < 4.78 is 5.40. The first kappa shape index (κ1) is 21.1. The number of nitrogens with zero attached hydrogens (tertiary/aromatic N) is 2. The molecule has 2 heterocycles. The molecule has 31 heavy (non-hydrogen) atoms. The Balaban J connectivity index is 1.70. The van der Waals surface area contributed by atoms with Crippen molar-refractivity contribution in [1.29, 1.82) is 0 Å². The summed E-state index contributed by atoms with van der Waals surface area (Å²) in [4.78, 5) is 55.0. The van der Waals surface area contributed by atoms with E-state index in [2.05, 4.69) is 0 Å². The zero-order chi connectivity index (χ0) is 22.3. The van der Waals surface area contributed by atoms with E-state index in [4.69, 9.17) is 4.74 Å². The molecule has 1 aliphatic carbocycles. The van der Waals surface area contributed by atoms with Crippen LogP contribution in [-0.4, -0.2) is 40.7 Å². The lowest BCUT2D eigenvalue weighted by Gasteiger charge is -2.27. The molecule has 1 atom stereocenters. The van der Waals surface area contributed by atoms with Gasteiger partial charge in [-0.05, 0) is 39.3 Å². The summed E-state index contributed by atoms with van der Waals surface area (Å²) in [5, 5.41) is 1.51. The van der Waals surface area contributed by atoms with E-state index in [0.29, 0.717) is 17.7 Å². The first-order chi connectivity index (χ1) is 14.7. The molecule has 1 aromatic rings. The molecule has 1 fully saturated rings. The van der Waals surface area contributed by atoms with Crippen LogP contribution in [-0.2, 0) is 23.9 Å². The summed E-state index contributed by atoms with van der Waals surface area (Å²) in [6.07, 6.45) is 5.61.